The topological polar surface area (TPSA) is 6.48 Å². The van der Waals surface area contributed by atoms with E-state index in [0.29, 0.717) is 0 Å². The molecule has 70 heavy (non-hydrogen) atoms. The second-order valence-electron chi connectivity index (χ2n) is 29.1. The van der Waals surface area contributed by atoms with Crippen molar-refractivity contribution >= 4 is 78.0 Å². The van der Waals surface area contributed by atoms with Gasteiger partial charge in [-0.15, -0.1) is 11.3 Å². The SMILES string of the molecule is CC(C)(C)c1ccc(N2c3ccc(C(C)(C)C)cc3B3c4sc5ccc(C(C)(C)C)cc5c4N(c4ccc5c(c4)C(C)(C)CCC5(C)C)c4cc(C56CC7C8CC9CC7C(C5)C(C9)C8C6)cc2c43)cc1. The first-order chi connectivity index (χ1) is 33.0. The van der Waals surface area contributed by atoms with Gasteiger partial charge in [-0.2, -0.15) is 0 Å². The summed E-state index contributed by atoms with van der Waals surface area (Å²) in [5, 5.41) is 1.42. The third-order valence-corrected chi connectivity index (χ3v) is 22.3. The van der Waals surface area contributed by atoms with E-state index in [1.807, 2.05) is 0 Å². The fourth-order valence-corrected chi connectivity index (χ4v) is 18.7. The number of benzene rings is 5. The monoisotopic (exact) mass is 941 g/mol. The molecular weight excluding hydrogens is 864 g/mol. The van der Waals surface area contributed by atoms with E-state index in [4.69, 9.17) is 0 Å². The molecule has 10 aliphatic rings. The summed E-state index contributed by atoms with van der Waals surface area (Å²) in [6.07, 6.45) is 11.2. The van der Waals surface area contributed by atoms with Gasteiger partial charge in [-0.25, -0.2) is 0 Å². The second-order valence-corrected chi connectivity index (χ2v) is 30.2. The molecule has 0 unspecified atom stereocenters. The Morgan fingerprint density at radius 3 is 1.64 bits per heavy atom. The average Bonchev–Trinajstić information content (AvgIpc) is 3.69. The molecule has 0 saturated heterocycles. The van der Waals surface area contributed by atoms with Crippen LogP contribution in [0.3, 0.4) is 0 Å². The fourth-order valence-electron chi connectivity index (χ4n) is 17.4. The van der Waals surface area contributed by atoms with E-state index in [9.17, 15) is 0 Å². The van der Waals surface area contributed by atoms with Gasteiger partial charge in [0.25, 0.3) is 6.71 Å². The summed E-state index contributed by atoms with van der Waals surface area (Å²) < 4.78 is 2.90. The minimum atomic E-state index is 0.00740. The molecule has 0 spiro atoms. The molecule has 3 heterocycles. The molecular formula is C66H77BN2S. The van der Waals surface area contributed by atoms with Gasteiger partial charge in [-0.3, -0.25) is 0 Å². The second kappa shape index (κ2) is 14.1. The number of rotatable bonds is 3. The van der Waals surface area contributed by atoms with Crippen LogP contribution in [0.5, 0.6) is 0 Å². The zero-order chi connectivity index (χ0) is 48.6. The van der Waals surface area contributed by atoms with Crippen LogP contribution in [-0.4, -0.2) is 6.71 Å². The molecule has 0 atom stereocenters. The lowest BCUT2D eigenvalue weighted by molar-refractivity contribution is -0.212. The molecule has 1 aromatic heterocycles. The summed E-state index contributed by atoms with van der Waals surface area (Å²) in [6, 6.07) is 38.3. The largest absolute Gasteiger partial charge is 0.311 e. The molecule has 0 N–H and O–H groups in total. The van der Waals surface area contributed by atoms with Gasteiger partial charge in [0.15, 0.2) is 0 Å². The van der Waals surface area contributed by atoms with Gasteiger partial charge < -0.3 is 9.80 Å². The fraction of sp³-hybridized carbons (Fsp3) is 0.515. The molecule has 16 rings (SSSR count). The van der Waals surface area contributed by atoms with Gasteiger partial charge in [0.05, 0.1) is 5.69 Å². The Labute approximate surface area is 425 Å². The van der Waals surface area contributed by atoms with E-state index in [1.54, 1.807) is 5.56 Å². The molecule has 2 nitrogen and oxygen atoms in total. The normalized spacial score (nSPS) is 29.4. The number of nitrogens with zero attached hydrogens (tertiary/aromatic N) is 2. The van der Waals surface area contributed by atoms with Crippen molar-refractivity contribution in [3.63, 3.8) is 0 Å². The number of fused-ring (bicyclic) bond motifs is 7. The van der Waals surface area contributed by atoms with Crippen LogP contribution in [0.25, 0.3) is 10.1 Å². The number of hydrogen-bond donors (Lipinski definition) is 0. The molecule has 360 valence electrons. The van der Waals surface area contributed by atoms with Crippen LogP contribution in [0.2, 0.25) is 0 Å². The molecule has 5 aromatic carbocycles. The molecule has 8 aliphatic carbocycles. The minimum absolute atomic E-state index is 0.00740. The predicted octanol–water partition coefficient (Wildman–Crippen LogP) is 16.2. The summed E-state index contributed by atoms with van der Waals surface area (Å²) >= 11 is 2.07. The Morgan fingerprint density at radius 2 is 1.04 bits per heavy atom. The van der Waals surface area contributed by atoms with E-state index in [-0.39, 0.29) is 39.2 Å². The number of hydrogen-bond acceptors (Lipinski definition) is 3. The minimum Gasteiger partial charge on any atom is -0.311 e. The van der Waals surface area contributed by atoms with Crippen LogP contribution in [0, 0.1) is 41.4 Å². The van der Waals surface area contributed by atoms with Gasteiger partial charge >= 0.3 is 0 Å². The number of anilines is 6. The summed E-state index contributed by atoms with van der Waals surface area (Å²) in [5.41, 5.74) is 20.7. The van der Waals surface area contributed by atoms with Crippen molar-refractivity contribution in [3.05, 3.63) is 124 Å². The first-order valence-electron chi connectivity index (χ1n) is 27.7. The summed E-state index contributed by atoms with van der Waals surface area (Å²) in [5.74, 6) is 6.68. The van der Waals surface area contributed by atoms with Crippen molar-refractivity contribution in [2.75, 3.05) is 9.80 Å². The zero-order valence-corrected chi connectivity index (χ0v) is 45.6. The van der Waals surface area contributed by atoms with E-state index >= 15 is 0 Å². The maximum atomic E-state index is 2.85. The smallest absolute Gasteiger partial charge is 0.264 e. The van der Waals surface area contributed by atoms with Crippen LogP contribution < -0.4 is 25.5 Å². The lowest BCUT2D eigenvalue weighted by Gasteiger charge is -2.72. The Kier molecular flexibility index (Phi) is 8.92. The highest BCUT2D eigenvalue weighted by atomic mass is 32.1. The lowest BCUT2D eigenvalue weighted by atomic mass is 9.32. The predicted molar refractivity (Wildman–Crippen MR) is 301 cm³/mol. The highest BCUT2D eigenvalue weighted by molar-refractivity contribution is 7.33. The quantitative estimate of drug-likeness (QED) is 0.163. The van der Waals surface area contributed by atoms with Gasteiger partial charge in [0, 0.05) is 43.3 Å². The highest BCUT2D eigenvalue weighted by Gasteiger charge is 2.68. The van der Waals surface area contributed by atoms with Crippen molar-refractivity contribution in [2.45, 2.75) is 174 Å². The molecule has 7 saturated carbocycles. The van der Waals surface area contributed by atoms with Crippen molar-refractivity contribution < 1.29 is 0 Å². The molecule has 2 aliphatic heterocycles. The van der Waals surface area contributed by atoms with Gasteiger partial charge in [-0.05, 0) is 224 Å². The average molecular weight is 941 g/mol. The van der Waals surface area contributed by atoms with E-state index in [0.717, 1.165) is 41.4 Å². The summed E-state index contributed by atoms with van der Waals surface area (Å²) in [7, 11) is 0. The Morgan fingerprint density at radius 1 is 0.514 bits per heavy atom. The maximum Gasteiger partial charge on any atom is 0.264 e. The molecule has 0 radical (unpaired) electrons. The molecule has 6 aromatic rings. The molecule has 4 heteroatoms. The molecule has 8 bridgehead atoms. The first-order valence-corrected chi connectivity index (χ1v) is 28.6. The summed E-state index contributed by atoms with van der Waals surface area (Å²) in [4.78, 5) is 5.59. The van der Waals surface area contributed by atoms with Crippen LogP contribution in [-0.2, 0) is 32.5 Å². The maximum absolute atomic E-state index is 2.85. The van der Waals surface area contributed by atoms with Crippen LogP contribution >= 0.6 is 11.3 Å². The Balaban J connectivity index is 1.09. The molecule has 7 fully saturated rings. The third kappa shape index (κ3) is 6.10. The van der Waals surface area contributed by atoms with Crippen molar-refractivity contribution in [3.8, 4) is 0 Å². The highest BCUT2D eigenvalue weighted by Crippen LogP contribution is 2.75. The lowest BCUT2D eigenvalue weighted by Crippen LogP contribution is -2.66. The van der Waals surface area contributed by atoms with Crippen molar-refractivity contribution in [1.82, 2.24) is 0 Å². The Hall–Kier alpha value is -4.28. The third-order valence-electron chi connectivity index (χ3n) is 21.1. The first kappa shape index (κ1) is 44.4. The molecule has 0 amide bonds. The standard InChI is InChI=1S/C66H77BN2S/c1-61(2,3)38-14-18-42(19-15-38)68-54-22-16-40(63(7,8)9)30-53(54)67-58-55(68)31-41(66-34-48-44-26-37-27-45(48)50(36-66)46(28-37)49(44)35-66)32-56(58)69(43-20-21-51-52(33-43)65(12,13)25-24-64(51,10)11)59-47-29-39(62(4,5)6)17-23-57(47)70-60(59)67/h14-23,29-33,37,44-46,48-50H,24-28,34-36H2,1-13H3. The van der Waals surface area contributed by atoms with Crippen molar-refractivity contribution in [2.24, 2.45) is 41.4 Å². The summed E-state index contributed by atoms with van der Waals surface area (Å²) in [6.45, 7) is 31.5. The zero-order valence-electron chi connectivity index (χ0n) is 44.7. The van der Waals surface area contributed by atoms with Gasteiger partial charge in [0.1, 0.15) is 0 Å². The Bertz CT molecular complexity index is 3140. The van der Waals surface area contributed by atoms with Gasteiger partial charge in [0.2, 0.25) is 0 Å². The van der Waals surface area contributed by atoms with Crippen LogP contribution in [0.15, 0.2) is 91.0 Å². The van der Waals surface area contributed by atoms with Crippen LogP contribution in [0.1, 0.15) is 175 Å². The van der Waals surface area contributed by atoms with E-state index in [1.165, 1.54) is 139 Å². The van der Waals surface area contributed by atoms with E-state index < -0.39 is 0 Å². The van der Waals surface area contributed by atoms with Crippen molar-refractivity contribution in [1.29, 1.82) is 0 Å². The van der Waals surface area contributed by atoms with E-state index in [2.05, 4.69) is 202 Å². The van der Waals surface area contributed by atoms with Crippen LogP contribution in [0.4, 0.5) is 34.1 Å². The van der Waals surface area contributed by atoms with Gasteiger partial charge in [-0.1, -0.05) is 126 Å². The number of thiophene rings is 1.